The second kappa shape index (κ2) is 8.24. The number of pyridine rings is 1. The van der Waals surface area contributed by atoms with E-state index in [1.165, 1.54) is 4.70 Å². The molecule has 28 heavy (non-hydrogen) atoms. The lowest BCUT2D eigenvalue weighted by atomic mass is 10.2. The van der Waals surface area contributed by atoms with Crippen LogP contribution in [0.3, 0.4) is 0 Å². The first kappa shape index (κ1) is 18.8. The van der Waals surface area contributed by atoms with E-state index in [0.29, 0.717) is 31.1 Å². The average molecular weight is 397 g/mol. The number of para-hydroxylation sites is 1. The molecule has 1 unspecified atom stereocenters. The largest absolute Gasteiger partial charge is 0.477 e. The van der Waals surface area contributed by atoms with Crippen LogP contribution < -0.4 is 4.74 Å². The van der Waals surface area contributed by atoms with E-state index in [1.807, 2.05) is 24.0 Å². The summed E-state index contributed by atoms with van der Waals surface area (Å²) in [6.07, 6.45) is 1.65. The molecule has 3 heterocycles. The van der Waals surface area contributed by atoms with Gasteiger partial charge in [0.05, 0.1) is 22.9 Å². The smallest absolute Gasteiger partial charge is 0.259 e. The number of hydrogen-bond donors (Lipinski definition) is 0. The van der Waals surface area contributed by atoms with E-state index in [9.17, 15) is 4.79 Å². The van der Waals surface area contributed by atoms with Gasteiger partial charge in [-0.15, -0.1) is 11.3 Å². The molecule has 6 nitrogen and oxygen atoms in total. The Labute approximate surface area is 168 Å². The summed E-state index contributed by atoms with van der Waals surface area (Å²) in [5, 5.41) is 1.13. The van der Waals surface area contributed by atoms with Crippen LogP contribution in [0.2, 0.25) is 0 Å². The monoisotopic (exact) mass is 396 g/mol. The lowest BCUT2D eigenvalue weighted by Gasteiger charge is -2.37. The van der Waals surface area contributed by atoms with Crippen molar-refractivity contribution in [3.8, 4) is 5.88 Å². The number of thiazole rings is 1. The molecule has 0 N–H and O–H groups in total. The van der Waals surface area contributed by atoms with Gasteiger partial charge in [0.15, 0.2) is 0 Å². The maximum Gasteiger partial charge on any atom is 0.259 e. The number of aromatic nitrogens is 2. The summed E-state index contributed by atoms with van der Waals surface area (Å²) in [6.45, 7) is 7.61. The summed E-state index contributed by atoms with van der Waals surface area (Å²) < 4.78 is 6.74. The van der Waals surface area contributed by atoms with Crippen LogP contribution in [0.25, 0.3) is 10.2 Å². The normalized spacial score (nSPS) is 16.3. The van der Waals surface area contributed by atoms with Crippen LogP contribution in [-0.4, -0.2) is 58.5 Å². The van der Waals surface area contributed by atoms with Gasteiger partial charge in [0, 0.05) is 32.4 Å². The van der Waals surface area contributed by atoms with Crippen molar-refractivity contribution in [2.75, 3.05) is 32.8 Å². The van der Waals surface area contributed by atoms with Crippen LogP contribution >= 0.6 is 11.3 Å². The highest BCUT2D eigenvalue weighted by Gasteiger charge is 2.28. The molecule has 1 aromatic carbocycles. The Morgan fingerprint density at radius 1 is 1.18 bits per heavy atom. The van der Waals surface area contributed by atoms with E-state index in [4.69, 9.17) is 9.72 Å². The van der Waals surface area contributed by atoms with Crippen molar-refractivity contribution in [3.05, 3.63) is 53.2 Å². The van der Waals surface area contributed by atoms with E-state index in [1.54, 1.807) is 29.7 Å². The van der Waals surface area contributed by atoms with E-state index < -0.39 is 0 Å². The fourth-order valence-electron chi connectivity index (χ4n) is 3.51. The molecule has 1 amide bonds. The summed E-state index contributed by atoms with van der Waals surface area (Å²) in [7, 11) is 0. The molecule has 2 aromatic heterocycles. The standard InChI is InChI=1S/C21H24N4O2S/c1-3-27-19-16(7-6-10-22-19)21(26)25-13-11-24(12-14-25)15(2)20-23-17-8-4-5-9-18(17)28-20/h4-10,15H,3,11-14H2,1-2H3. The maximum absolute atomic E-state index is 12.9. The van der Waals surface area contributed by atoms with Crippen molar-refractivity contribution < 1.29 is 9.53 Å². The summed E-state index contributed by atoms with van der Waals surface area (Å²) in [4.78, 5) is 26.2. The number of piperazine rings is 1. The van der Waals surface area contributed by atoms with Crippen molar-refractivity contribution in [2.24, 2.45) is 0 Å². The Bertz CT molecular complexity index is 933. The third-order valence-electron chi connectivity index (χ3n) is 5.10. The lowest BCUT2D eigenvalue weighted by molar-refractivity contribution is 0.0577. The Hall–Kier alpha value is -2.51. The van der Waals surface area contributed by atoms with Gasteiger partial charge in [0.1, 0.15) is 10.6 Å². The summed E-state index contributed by atoms with van der Waals surface area (Å²) >= 11 is 1.75. The van der Waals surface area contributed by atoms with E-state index in [2.05, 4.69) is 28.9 Å². The molecule has 146 valence electrons. The van der Waals surface area contributed by atoms with Gasteiger partial charge in [-0.2, -0.15) is 0 Å². The first-order valence-electron chi connectivity index (χ1n) is 9.64. The molecule has 0 radical (unpaired) electrons. The number of hydrogen-bond acceptors (Lipinski definition) is 6. The first-order valence-corrected chi connectivity index (χ1v) is 10.5. The van der Waals surface area contributed by atoms with Crippen molar-refractivity contribution in [1.82, 2.24) is 19.8 Å². The quantitative estimate of drug-likeness (QED) is 0.659. The number of rotatable bonds is 5. The second-order valence-corrected chi connectivity index (χ2v) is 7.88. The Kier molecular flexibility index (Phi) is 5.54. The van der Waals surface area contributed by atoms with Crippen molar-refractivity contribution >= 4 is 27.5 Å². The van der Waals surface area contributed by atoms with Crippen LogP contribution in [-0.2, 0) is 0 Å². The predicted octanol–water partition coefficient (Wildman–Crippen LogP) is 3.61. The number of carbonyl (C=O) groups excluding carboxylic acids is 1. The van der Waals surface area contributed by atoms with Gasteiger partial charge in [-0.25, -0.2) is 9.97 Å². The molecule has 3 aromatic rings. The van der Waals surface area contributed by atoms with E-state index >= 15 is 0 Å². The number of fused-ring (bicyclic) bond motifs is 1. The molecule has 7 heteroatoms. The average Bonchev–Trinajstić information content (AvgIpc) is 3.18. The predicted molar refractivity (Wildman–Crippen MR) is 111 cm³/mol. The van der Waals surface area contributed by atoms with Crippen LogP contribution in [0, 0.1) is 0 Å². The van der Waals surface area contributed by atoms with Gasteiger partial charge >= 0.3 is 0 Å². The number of carbonyl (C=O) groups is 1. The third kappa shape index (κ3) is 3.72. The number of amides is 1. The van der Waals surface area contributed by atoms with Gasteiger partial charge in [-0.3, -0.25) is 9.69 Å². The van der Waals surface area contributed by atoms with E-state index in [-0.39, 0.29) is 11.9 Å². The van der Waals surface area contributed by atoms with Crippen molar-refractivity contribution in [3.63, 3.8) is 0 Å². The minimum atomic E-state index is -0.0103. The Morgan fingerprint density at radius 3 is 2.71 bits per heavy atom. The fourth-order valence-corrected chi connectivity index (χ4v) is 4.57. The Morgan fingerprint density at radius 2 is 1.96 bits per heavy atom. The molecule has 0 bridgehead atoms. The van der Waals surface area contributed by atoms with Crippen LogP contribution in [0.1, 0.15) is 35.3 Å². The zero-order chi connectivity index (χ0) is 19.5. The Balaban J connectivity index is 1.42. The van der Waals surface area contributed by atoms with Gasteiger partial charge in [-0.05, 0) is 38.1 Å². The van der Waals surface area contributed by atoms with Crippen molar-refractivity contribution in [1.29, 1.82) is 0 Å². The van der Waals surface area contributed by atoms with Gasteiger partial charge in [-0.1, -0.05) is 12.1 Å². The highest BCUT2D eigenvalue weighted by Crippen LogP contribution is 2.30. The van der Waals surface area contributed by atoms with Gasteiger partial charge < -0.3 is 9.64 Å². The van der Waals surface area contributed by atoms with Crippen LogP contribution in [0.15, 0.2) is 42.6 Å². The second-order valence-electron chi connectivity index (χ2n) is 6.81. The van der Waals surface area contributed by atoms with Gasteiger partial charge in [0.25, 0.3) is 5.91 Å². The molecule has 0 saturated carbocycles. The van der Waals surface area contributed by atoms with Crippen LogP contribution in [0.5, 0.6) is 5.88 Å². The molecule has 1 atom stereocenters. The van der Waals surface area contributed by atoms with E-state index in [0.717, 1.165) is 23.6 Å². The number of benzene rings is 1. The highest BCUT2D eigenvalue weighted by molar-refractivity contribution is 7.18. The zero-order valence-corrected chi connectivity index (χ0v) is 17.0. The summed E-state index contributed by atoms with van der Waals surface area (Å²) in [6, 6.07) is 12.1. The molecule has 1 saturated heterocycles. The summed E-state index contributed by atoms with van der Waals surface area (Å²) in [5.74, 6) is 0.407. The molecule has 1 aliphatic heterocycles. The topological polar surface area (TPSA) is 58.6 Å². The molecular formula is C21H24N4O2S. The van der Waals surface area contributed by atoms with Gasteiger partial charge in [0.2, 0.25) is 5.88 Å². The highest BCUT2D eigenvalue weighted by atomic mass is 32.1. The molecule has 1 fully saturated rings. The van der Waals surface area contributed by atoms with Crippen LogP contribution in [0.4, 0.5) is 0 Å². The third-order valence-corrected chi connectivity index (χ3v) is 6.31. The SMILES string of the molecule is CCOc1ncccc1C(=O)N1CCN(C(C)c2nc3ccccc3s2)CC1. The summed E-state index contributed by atoms with van der Waals surface area (Å²) in [5.41, 5.74) is 1.60. The fraction of sp³-hybridized carbons (Fsp3) is 0.381. The molecule has 4 rings (SSSR count). The molecular weight excluding hydrogens is 372 g/mol. The molecule has 0 aliphatic carbocycles. The maximum atomic E-state index is 12.9. The zero-order valence-electron chi connectivity index (χ0n) is 16.2. The molecule has 1 aliphatic rings. The minimum absolute atomic E-state index is 0.0103. The number of nitrogens with zero attached hydrogens (tertiary/aromatic N) is 4. The lowest BCUT2D eigenvalue weighted by Crippen LogP contribution is -2.49. The number of ether oxygens (including phenoxy) is 1. The van der Waals surface area contributed by atoms with Crippen molar-refractivity contribution in [2.45, 2.75) is 19.9 Å². The molecule has 0 spiro atoms. The first-order chi connectivity index (χ1) is 13.7. The minimum Gasteiger partial charge on any atom is -0.477 e.